The summed E-state index contributed by atoms with van der Waals surface area (Å²) in [5.74, 6) is 1.59. The lowest BCUT2D eigenvalue weighted by Crippen LogP contribution is -2.26. The molecule has 4 nitrogen and oxygen atoms in total. The first kappa shape index (κ1) is 16.9. The molecule has 1 fully saturated rings. The van der Waals surface area contributed by atoms with E-state index in [0.29, 0.717) is 5.92 Å². The highest BCUT2D eigenvalue weighted by Gasteiger charge is 2.22. The molecule has 26 heavy (non-hydrogen) atoms. The lowest BCUT2D eigenvalue weighted by molar-refractivity contribution is 0.415. The minimum atomic E-state index is 0.670. The number of aromatic nitrogens is 1. The van der Waals surface area contributed by atoms with Crippen molar-refractivity contribution in [1.29, 1.82) is 0 Å². The van der Waals surface area contributed by atoms with Crippen LogP contribution in [0.15, 0.2) is 60.8 Å². The maximum atomic E-state index is 5.35. The van der Waals surface area contributed by atoms with Gasteiger partial charge in [0.25, 0.3) is 0 Å². The standard InChI is InChI=1S/C22H25N3O/c1-26-21-9-3-8-20(13-21)25-12-10-17(16-25)14-23-15-19-6-2-5-18-7-4-11-24-22(18)19/h2-9,11,13,17,23H,10,12,14-16H2,1H3/t17-/m0/s1. The first-order valence-electron chi connectivity index (χ1n) is 9.26. The van der Waals surface area contributed by atoms with Crippen LogP contribution in [0.4, 0.5) is 5.69 Å². The van der Waals surface area contributed by atoms with E-state index in [1.54, 1.807) is 7.11 Å². The number of nitrogens with zero attached hydrogens (tertiary/aromatic N) is 2. The molecule has 1 atom stereocenters. The molecule has 0 bridgehead atoms. The zero-order valence-corrected chi connectivity index (χ0v) is 15.2. The van der Waals surface area contributed by atoms with Gasteiger partial charge in [0.1, 0.15) is 5.75 Å². The van der Waals surface area contributed by atoms with E-state index < -0.39 is 0 Å². The normalized spacial score (nSPS) is 17.0. The molecular weight excluding hydrogens is 322 g/mol. The van der Waals surface area contributed by atoms with E-state index in [9.17, 15) is 0 Å². The van der Waals surface area contributed by atoms with E-state index in [4.69, 9.17) is 4.74 Å². The van der Waals surface area contributed by atoms with Gasteiger partial charge in [0.05, 0.1) is 12.6 Å². The number of benzene rings is 2. The number of hydrogen-bond donors (Lipinski definition) is 1. The van der Waals surface area contributed by atoms with Gasteiger partial charge in [0, 0.05) is 49.5 Å². The number of para-hydroxylation sites is 1. The molecule has 1 N–H and O–H groups in total. The summed E-state index contributed by atoms with van der Waals surface area (Å²) in [5.41, 5.74) is 3.63. The number of ether oxygens (including phenoxy) is 1. The smallest absolute Gasteiger partial charge is 0.120 e. The summed E-state index contributed by atoms with van der Waals surface area (Å²) in [6.07, 6.45) is 3.09. The van der Waals surface area contributed by atoms with Crippen LogP contribution in [0, 0.1) is 5.92 Å². The van der Waals surface area contributed by atoms with Gasteiger partial charge in [-0.15, -0.1) is 0 Å². The Labute approximate surface area is 154 Å². The van der Waals surface area contributed by atoms with Gasteiger partial charge in [-0.3, -0.25) is 4.98 Å². The van der Waals surface area contributed by atoms with E-state index in [0.717, 1.165) is 37.4 Å². The maximum Gasteiger partial charge on any atom is 0.120 e. The van der Waals surface area contributed by atoms with Crippen LogP contribution in [0.3, 0.4) is 0 Å². The van der Waals surface area contributed by atoms with Gasteiger partial charge in [0.2, 0.25) is 0 Å². The third-order valence-corrected chi connectivity index (χ3v) is 5.17. The van der Waals surface area contributed by atoms with E-state index in [-0.39, 0.29) is 0 Å². The predicted molar refractivity (Wildman–Crippen MR) is 107 cm³/mol. The van der Waals surface area contributed by atoms with Crippen molar-refractivity contribution in [1.82, 2.24) is 10.3 Å². The van der Waals surface area contributed by atoms with E-state index in [2.05, 4.69) is 57.7 Å². The number of anilines is 1. The topological polar surface area (TPSA) is 37.4 Å². The first-order chi connectivity index (χ1) is 12.8. The largest absolute Gasteiger partial charge is 0.497 e. The lowest BCUT2D eigenvalue weighted by atomic mass is 10.1. The van der Waals surface area contributed by atoms with Gasteiger partial charge in [-0.05, 0) is 36.1 Å². The second kappa shape index (κ2) is 7.75. The average Bonchev–Trinajstić information content (AvgIpc) is 3.17. The SMILES string of the molecule is COc1cccc(N2CC[C@@H](CNCc3cccc4cccnc34)C2)c1. The Balaban J connectivity index is 1.33. The van der Waals surface area contributed by atoms with Gasteiger partial charge < -0.3 is 15.0 Å². The monoisotopic (exact) mass is 347 g/mol. The fourth-order valence-electron chi connectivity index (χ4n) is 3.76. The Morgan fingerprint density at radius 3 is 2.96 bits per heavy atom. The molecule has 0 amide bonds. The highest BCUT2D eigenvalue weighted by molar-refractivity contribution is 5.81. The molecule has 2 aromatic carbocycles. The van der Waals surface area contributed by atoms with Gasteiger partial charge in [0.15, 0.2) is 0 Å². The van der Waals surface area contributed by atoms with Gasteiger partial charge in [-0.25, -0.2) is 0 Å². The molecule has 0 spiro atoms. The van der Waals surface area contributed by atoms with Crippen molar-refractivity contribution in [3.05, 3.63) is 66.4 Å². The van der Waals surface area contributed by atoms with Crippen LogP contribution >= 0.6 is 0 Å². The molecule has 4 heteroatoms. The summed E-state index contributed by atoms with van der Waals surface area (Å²) < 4.78 is 5.35. The quantitative estimate of drug-likeness (QED) is 0.735. The van der Waals surface area contributed by atoms with Crippen molar-refractivity contribution < 1.29 is 4.74 Å². The summed E-state index contributed by atoms with van der Waals surface area (Å²) in [6.45, 7) is 4.09. The summed E-state index contributed by atoms with van der Waals surface area (Å²) in [7, 11) is 1.72. The predicted octanol–water partition coefficient (Wildman–Crippen LogP) is 3.86. The molecule has 134 valence electrons. The molecule has 1 aromatic heterocycles. The fourth-order valence-corrected chi connectivity index (χ4v) is 3.76. The highest BCUT2D eigenvalue weighted by Crippen LogP contribution is 2.26. The average molecular weight is 347 g/mol. The molecule has 2 heterocycles. The second-order valence-corrected chi connectivity index (χ2v) is 6.93. The number of rotatable bonds is 6. The van der Waals surface area contributed by atoms with Crippen molar-refractivity contribution in [2.45, 2.75) is 13.0 Å². The van der Waals surface area contributed by atoms with Crippen LogP contribution in [0.25, 0.3) is 10.9 Å². The maximum absolute atomic E-state index is 5.35. The highest BCUT2D eigenvalue weighted by atomic mass is 16.5. The van der Waals surface area contributed by atoms with Crippen molar-refractivity contribution in [3.63, 3.8) is 0 Å². The minimum Gasteiger partial charge on any atom is -0.497 e. The van der Waals surface area contributed by atoms with Crippen LogP contribution in [0.1, 0.15) is 12.0 Å². The van der Waals surface area contributed by atoms with Crippen molar-refractivity contribution in [3.8, 4) is 5.75 Å². The van der Waals surface area contributed by atoms with E-state index in [1.165, 1.54) is 23.1 Å². The fraction of sp³-hybridized carbons (Fsp3) is 0.318. The molecule has 4 rings (SSSR count). The molecule has 0 saturated carbocycles. The number of pyridine rings is 1. The Morgan fingerprint density at radius 2 is 2.04 bits per heavy atom. The third kappa shape index (κ3) is 3.65. The van der Waals surface area contributed by atoms with Gasteiger partial charge in [-0.1, -0.05) is 30.3 Å². The molecule has 0 unspecified atom stereocenters. The number of hydrogen-bond acceptors (Lipinski definition) is 4. The molecular formula is C22H25N3O. The van der Waals surface area contributed by atoms with Crippen LogP contribution in [0.5, 0.6) is 5.75 Å². The molecule has 0 aliphatic carbocycles. The zero-order valence-electron chi connectivity index (χ0n) is 15.2. The lowest BCUT2D eigenvalue weighted by Gasteiger charge is -2.19. The first-order valence-corrected chi connectivity index (χ1v) is 9.26. The van der Waals surface area contributed by atoms with Crippen molar-refractivity contribution in [2.75, 3.05) is 31.6 Å². The molecule has 3 aromatic rings. The van der Waals surface area contributed by atoms with Crippen LogP contribution in [-0.4, -0.2) is 31.7 Å². The van der Waals surface area contributed by atoms with E-state index >= 15 is 0 Å². The number of fused-ring (bicyclic) bond motifs is 1. The van der Waals surface area contributed by atoms with Crippen LogP contribution < -0.4 is 15.0 Å². The summed E-state index contributed by atoms with van der Waals surface area (Å²) in [4.78, 5) is 6.99. The Kier molecular flexibility index (Phi) is 5.02. The van der Waals surface area contributed by atoms with Crippen LogP contribution in [0.2, 0.25) is 0 Å². The minimum absolute atomic E-state index is 0.670. The van der Waals surface area contributed by atoms with Gasteiger partial charge in [-0.2, -0.15) is 0 Å². The van der Waals surface area contributed by atoms with Gasteiger partial charge >= 0.3 is 0 Å². The second-order valence-electron chi connectivity index (χ2n) is 6.93. The molecule has 1 aliphatic rings. The Hall–Kier alpha value is -2.59. The van der Waals surface area contributed by atoms with E-state index in [1.807, 2.05) is 18.3 Å². The van der Waals surface area contributed by atoms with Crippen molar-refractivity contribution in [2.24, 2.45) is 5.92 Å². The summed E-state index contributed by atoms with van der Waals surface area (Å²) in [5, 5.41) is 4.84. The molecule has 0 radical (unpaired) electrons. The molecule has 1 aliphatic heterocycles. The zero-order chi connectivity index (χ0) is 17.8. The Morgan fingerprint density at radius 1 is 1.15 bits per heavy atom. The molecule has 1 saturated heterocycles. The van der Waals surface area contributed by atoms with Crippen LogP contribution in [-0.2, 0) is 6.54 Å². The summed E-state index contributed by atoms with van der Waals surface area (Å²) in [6, 6.07) is 18.9. The number of methoxy groups -OCH3 is 1. The Bertz CT molecular complexity index is 875. The number of nitrogens with one attached hydrogen (secondary N) is 1. The summed E-state index contributed by atoms with van der Waals surface area (Å²) >= 11 is 0. The van der Waals surface area contributed by atoms with Crippen molar-refractivity contribution >= 4 is 16.6 Å². The third-order valence-electron chi connectivity index (χ3n) is 5.17.